The van der Waals surface area contributed by atoms with Gasteiger partial charge in [0.05, 0.1) is 30.9 Å². The molecule has 12 nitrogen and oxygen atoms in total. The Morgan fingerprint density at radius 3 is 1.71 bits per heavy atom. The zero-order chi connectivity index (χ0) is 35.6. The highest BCUT2D eigenvalue weighted by molar-refractivity contribution is 5.85. The van der Waals surface area contributed by atoms with Crippen molar-refractivity contribution in [2.45, 2.75) is 158 Å². The number of nitrogens with zero attached hydrogens (tertiary/aromatic N) is 5. The Bertz CT molecular complexity index is 1220. The first-order chi connectivity index (χ1) is 24.7. The maximum atomic E-state index is 12.7. The number of carbonyl (C=O) groups excluding carboxylic acids is 3. The minimum Gasteiger partial charge on any atom is -0.450 e. The molecule has 6 aliphatic heterocycles. The monoisotopic (exact) mass is 750 g/mol. The zero-order valence-corrected chi connectivity index (χ0v) is 33.1. The van der Waals surface area contributed by atoms with Gasteiger partial charge in [0.2, 0.25) is 11.8 Å². The van der Waals surface area contributed by atoms with Gasteiger partial charge in [0.15, 0.2) is 0 Å². The summed E-state index contributed by atoms with van der Waals surface area (Å²) in [6, 6.07) is 1.41. The quantitative estimate of drug-likeness (QED) is 0.446. The molecule has 3 amide bonds. The second-order valence-corrected chi connectivity index (χ2v) is 17.2. The number of halogens is 1. The van der Waals surface area contributed by atoms with Crippen LogP contribution in [0.4, 0.5) is 4.79 Å². The molecule has 0 bridgehead atoms. The van der Waals surface area contributed by atoms with Crippen LogP contribution in [0.25, 0.3) is 0 Å². The van der Waals surface area contributed by atoms with Crippen LogP contribution in [-0.4, -0.2) is 162 Å². The zero-order valence-electron chi connectivity index (χ0n) is 32.2. The lowest BCUT2D eigenvalue weighted by Gasteiger charge is -2.50. The Morgan fingerprint density at radius 1 is 0.731 bits per heavy atom. The summed E-state index contributed by atoms with van der Waals surface area (Å²) in [6.45, 7) is 15.5. The average molecular weight is 751 g/mol. The van der Waals surface area contributed by atoms with Crippen molar-refractivity contribution < 1.29 is 28.6 Å². The molecule has 0 aromatic carbocycles. The average Bonchev–Trinajstić information content (AvgIpc) is 3.79. The summed E-state index contributed by atoms with van der Waals surface area (Å²) in [5, 5.41) is 3.51. The number of nitrogens with one attached hydrogen (secondary N) is 1. The predicted molar refractivity (Wildman–Crippen MR) is 202 cm³/mol. The molecule has 1 N–H and O–H groups in total. The Balaban J connectivity index is 0.000000178. The molecule has 2 unspecified atom stereocenters. The van der Waals surface area contributed by atoms with Gasteiger partial charge in [-0.3, -0.25) is 19.4 Å². The van der Waals surface area contributed by atoms with Crippen molar-refractivity contribution in [3.63, 3.8) is 0 Å². The molecule has 6 saturated heterocycles. The topological polar surface area (TPSA) is 107 Å². The molecular formula is C39H67ClN6O6. The first kappa shape index (κ1) is 40.0. The second-order valence-electron chi connectivity index (χ2n) is 17.2. The highest BCUT2D eigenvalue weighted by Crippen LogP contribution is 2.37. The van der Waals surface area contributed by atoms with Crippen LogP contribution in [0.3, 0.4) is 0 Å². The van der Waals surface area contributed by atoms with E-state index in [9.17, 15) is 14.4 Å². The first-order valence-corrected chi connectivity index (χ1v) is 20.7. The standard InChI is InChI=1S/C21H35N3O4.C18H31N3O2.ClH/c1-3-27-20(26)22-13-10-21(2,15-22)23-11-8-16(9-12-23)24-17-6-4-5-7-18(17)28-14-19(24)25;1-18(8-9-19-13-18)20-10-6-14(7-11-20)21-15-4-2-3-5-16(15)23-12-17(21)22;/h16-18H,3-15H2,1-2H3;14-16,19H,2-13H2,1H3;1H/t17-,18-,21?;15-,16-,18?;/m00./s1. The number of ether oxygens (including phenoxy) is 3. The van der Waals surface area contributed by atoms with Crippen molar-refractivity contribution >= 4 is 30.3 Å². The highest BCUT2D eigenvalue weighted by atomic mass is 35.5. The highest BCUT2D eigenvalue weighted by Gasteiger charge is 2.47. The number of amides is 3. The normalized spacial score (nSPS) is 36.8. The molecule has 8 fully saturated rings. The molecule has 6 atom stereocenters. The summed E-state index contributed by atoms with van der Waals surface area (Å²) in [5.74, 6) is 0.419. The molecular weight excluding hydrogens is 684 g/mol. The summed E-state index contributed by atoms with van der Waals surface area (Å²) < 4.78 is 16.8. The molecule has 2 aliphatic carbocycles. The van der Waals surface area contributed by atoms with Gasteiger partial charge in [-0.1, -0.05) is 25.7 Å². The number of morpholine rings is 2. The van der Waals surface area contributed by atoms with Crippen molar-refractivity contribution in [1.29, 1.82) is 0 Å². The van der Waals surface area contributed by atoms with Crippen LogP contribution >= 0.6 is 12.4 Å². The van der Waals surface area contributed by atoms with E-state index in [1.807, 2.05) is 11.8 Å². The third-order valence-electron chi connectivity index (χ3n) is 14.0. The number of hydrogen-bond donors (Lipinski definition) is 1. The van der Waals surface area contributed by atoms with Gasteiger partial charge in [0, 0.05) is 69.0 Å². The van der Waals surface area contributed by atoms with E-state index in [0.717, 1.165) is 110 Å². The van der Waals surface area contributed by atoms with Gasteiger partial charge in [-0.05, 0) is 91.5 Å². The Labute approximate surface area is 318 Å². The van der Waals surface area contributed by atoms with Crippen molar-refractivity contribution in [2.24, 2.45) is 0 Å². The fraction of sp³-hybridized carbons (Fsp3) is 0.923. The van der Waals surface area contributed by atoms with Crippen molar-refractivity contribution in [3.8, 4) is 0 Å². The first-order valence-electron chi connectivity index (χ1n) is 20.7. The van der Waals surface area contributed by atoms with Crippen molar-refractivity contribution in [3.05, 3.63) is 0 Å². The molecule has 13 heteroatoms. The van der Waals surface area contributed by atoms with Crippen LogP contribution in [-0.2, 0) is 23.8 Å². The van der Waals surface area contributed by atoms with E-state index in [4.69, 9.17) is 14.2 Å². The summed E-state index contributed by atoms with van der Waals surface area (Å²) in [5.41, 5.74) is 0.341. The number of likely N-dealkylation sites (tertiary alicyclic amines) is 3. The number of carbonyl (C=O) groups is 3. The maximum absolute atomic E-state index is 12.7. The van der Waals surface area contributed by atoms with E-state index >= 15 is 0 Å². The Kier molecular flexibility index (Phi) is 13.4. The van der Waals surface area contributed by atoms with Gasteiger partial charge in [-0.15, -0.1) is 12.4 Å². The van der Waals surface area contributed by atoms with E-state index < -0.39 is 0 Å². The molecule has 52 heavy (non-hydrogen) atoms. The van der Waals surface area contributed by atoms with Crippen molar-refractivity contribution in [1.82, 2.24) is 29.8 Å². The Morgan fingerprint density at radius 2 is 1.23 bits per heavy atom. The van der Waals surface area contributed by atoms with Gasteiger partial charge in [-0.25, -0.2) is 4.79 Å². The number of hydrogen-bond acceptors (Lipinski definition) is 9. The van der Waals surface area contributed by atoms with E-state index in [1.54, 1.807) is 0 Å². The van der Waals surface area contributed by atoms with E-state index in [-0.39, 0.29) is 54.6 Å². The number of piperidine rings is 2. The van der Waals surface area contributed by atoms with Crippen LogP contribution in [0, 0.1) is 0 Å². The summed E-state index contributed by atoms with van der Waals surface area (Å²) in [7, 11) is 0. The van der Waals surface area contributed by atoms with Gasteiger partial charge in [0.25, 0.3) is 0 Å². The van der Waals surface area contributed by atoms with Gasteiger partial charge in [-0.2, -0.15) is 0 Å². The minimum atomic E-state index is -0.191. The SMILES string of the molecule is CC1(N2CCC(N3C(=O)CO[C@H]4CCCC[C@@H]43)CC2)CCNC1.CCOC(=O)N1CCC(C)(N2CCC(N3C(=O)CO[C@H]4CCCC[C@@H]43)CC2)C1.Cl. The van der Waals surface area contributed by atoms with Crippen LogP contribution < -0.4 is 5.32 Å². The summed E-state index contributed by atoms with van der Waals surface area (Å²) >= 11 is 0. The lowest BCUT2D eigenvalue weighted by Crippen LogP contribution is -2.62. The molecule has 0 aromatic heterocycles. The van der Waals surface area contributed by atoms with Gasteiger partial charge >= 0.3 is 6.09 Å². The van der Waals surface area contributed by atoms with Gasteiger partial charge in [0.1, 0.15) is 13.2 Å². The molecule has 296 valence electrons. The smallest absolute Gasteiger partial charge is 0.409 e. The molecule has 8 rings (SSSR count). The summed E-state index contributed by atoms with van der Waals surface area (Å²) in [4.78, 5) is 48.7. The number of rotatable bonds is 5. The molecule has 6 heterocycles. The lowest BCUT2D eigenvalue weighted by molar-refractivity contribution is -0.168. The van der Waals surface area contributed by atoms with Crippen LogP contribution in [0.15, 0.2) is 0 Å². The fourth-order valence-electron chi connectivity index (χ4n) is 11.0. The van der Waals surface area contributed by atoms with E-state index in [0.29, 0.717) is 43.0 Å². The molecule has 8 aliphatic rings. The maximum Gasteiger partial charge on any atom is 0.409 e. The van der Waals surface area contributed by atoms with E-state index in [2.05, 4.69) is 38.8 Å². The largest absolute Gasteiger partial charge is 0.450 e. The van der Waals surface area contributed by atoms with E-state index in [1.165, 1.54) is 32.1 Å². The minimum absolute atomic E-state index is 0. The Hall–Kier alpha value is -1.70. The predicted octanol–water partition coefficient (Wildman–Crippen LogP) is 4.04. The summed E-state index contributed by atoms with van der Waals surface area (Å²) in [6.07, 6.45) is 16.3. The molecule has 2 saturated carbocycles. The van der Waals surface area contributed by atoms with Crippen LogP contribution in [0.1, 0.15) is 111 Å². The van der Waals surface area contributed by atoms with Crippen LogP contribution in [0.5, 0.6) is 0 Å². The van der Waals surface area contributed by atoms with Crippen molar-refractivity contribution in [2.75, 3.05) is 72.2 Å². The third kappa shape index (κ3) is 8.42. The van der Waals surface area contributed by atoms with Gasteiger partial charge < -0.3 is 34.2 Å². The second kappa shape index (κ2) is 17.4. The van der Waals surface area contributed by atoms with Crippen LogP contribution in [0.2, 0.25) is 0 Å². The number of fused-ring (bicyclic) bond motifs is 2. The lowest BCUT2D eigenvalue weighted by atomic mass is 9.87. The molecule has 0 aromatic rings. The third-order valence-corrected chi connectivity index (χ3v) is 14.0. The molecule has 0 spiro atoms. The molecule has 0 radical (unpaired) electrons. The fourth-order valence-corrected chi connectivity index (χ4v) is 11.0.